The van der Waals surface area contributed by atoms with Crippen LogP contribution < -0.4 is 4.74 Å². The molecule has 0 aliphatic carbocycles. The maximum atomic E-state index is 5.42. The Morgan fingerprint density at radius 1 is 1.43 bits per heavy atom. The van der Waals surface area contributed by atoms with Crippen LogP contribution in [-0.2, 0) is 6.61 Å². The summed E-state index contributed by atoms with van der Waals surface area (Å²) in [5, 5.41) is 13.3. The molecule has 2 aromatic rings. The van der Waals surface area contributed by atoms with Crippen LogP contribution in [0.2, 0.25) is 0 Å². The van der Waals surface area contributed by atoms with Crippen molar-refractivity contribution in [2.24, 2.45) is 0 Å². The lowest BCUT2D eigenvalue weighted by Crippen LogP contribution is -1.97. The normalized spacial score (nSPS) is 10.1. The zero-order valence-corrected chi connectivity index (χ0v) is 8.73. The summed E-state index contributed by atoms with van der Waals surface area (Å²) < 4.78 is 6.39. The summed E-state index contributed by atoms with van der Waals surface area (Å²) in [5.41, 5.74) is 0. The molecule has 2 rings (SSSR count). The molecule has 0 aliphatic rings. The molecule has 0 aliphatic heterocycles. The Morgan fingerprint density at radius 3 is 3.07 bits per heavy atom. The first-order chi connectivity index (χ1) is 6.84. The second-order valence-electron chi connectivity index (χ2n) is 2.57. The third-order valence-electron chi connectivity index (χ3n) is 1.55. The molecule has 0 atom stereocenters. The topological polar surface area (TPSA) is 63.7 Å². The minimum atomic E-state index is 0.312. The number of benzene rings is 1. The third-order valence-corrected chi connectivity index (χ3v) is 2.05. The molecule has 6 heteroatoms. The fourth-order valence-corrected chi connectivity index (χ4v) is 1.33. The van der Waals surface area contributed by atoms with Crippen LogP contribution in [0.5, 0.6) is 5.75 Å². The number of ether oxygens (including phenoxy) is 1. The fourth-order valence-electron chi connectivity index (χ4n) is 0.948. The summed E-state index contributed by atoms with van der Waals surface area (Å²) in [7, 11) is 0. The van der Waals surface area contributed by atoms with E-state index in [0.717, 1.165) is 10.2 Å². The molecule has 1 N–H and O–H groups in total. The van der Waals surface area contributed by atoms with Gasteiger partial charge in [0.2, 0.25) is 5.82 Å². The molecule has 5 nitrogen and oxygen atoms in total. The molecule has 0 spiro atoms. The van der Waals surface area contributed by atoms with Crippen LogP contribution >= 0.6 is 15.9 Å². The monoisotopic (exact) mass is 254 g/mol. The minimum absolute atomic E-state index is 0.312. The van der Waals surface area contributed by atoms with Gasteiger partial charge < -0.3 is 4.74 Å². The number of nitrogens with one attached hydrogen (secondary N) is 1. The van der Waals surface area contributed by atoms with Gasteiger partial charge in [0.15, 0.2) is 6.61 Å². The van der Waals surface area contributed by atoms with E-state index in [2.05, 4.69) is 36.6 Å². The number of hydrogen-bond acceptors (Lipinski definition) is 4. The Bertz CT molecular complexity index is 403. The molecular weight excluding hydrogens is 248 g/mol. The average Bonchev–Trinajstić information content (AvgIpc) is 2.67. The van der Waals surface area contributed by atoms with Crippen LogP contribution in [0.15, 0.2) is 28.7 Å². The lowest BCUT2D eigenvalue weighted by atomic mass is 10.3. The van der Waals surface area contributed by atoms with Gasteiger partial charge in [0.05, 0.1) is 0 Å². The van der Waals surface area contributed by atoms with E-state index < -0.39 is 0 Å². The summed E-state index contributed by atoms with van der Waals surface area (Å²) >= 11 is 3.35. The van der Waals surface area contributed by atoms with Crippen LogP contribution in [0.1, 0.15) is 5.82 Å². The van der Waals surface area contributed by atoms with E-state index in [0.29, 0.717) is 12.4 Å². The number of rotatable bonds is 3. The van der Waals surface area contributed by atoms with Crippen molar-refractivity contribution in [2.45, 2.75) is 6.61 Å². The second kappa shape index (κ2) is 4.19. The van der Waals surface area contributed by atoms with E-state index >= 15 is 0 Å². The minimum Gasteiger partial charge on any atom is -0.485 e. The first kappa shape index (κ1) is 9.14. The van der Waals surface area contributed by atoms with Crippen LogP contribution in [0, 0.1) is 0 Å². The summed E-state index contributed by atoms with van der Waals surface area (Å²) in [5.74, 6) is 1.30. The number of aromatic nitrogens is 4. The van der Waals surface area contributed by atoms with Crippen molar-refractivity contribution < 1.29 is 4.74 Å². The fraction of sp³-hybridized carbons (Fsp3) is 0.125. The van der Waals surface area contributed by atoms with Crippen molar-refractivity contribution in [3.05, 3.63) is 34.6 Å². The smallest absolute Gasteiger partial charge is 0.211 e. The molecule has 1 aromatic heterocycles. The van der Waals surface area contributed by atoms with Crippen LogP contribution in [-0.4, -0.2) is 20.6 Å². The van der Waals surface area contributed by atoms with Crippen molar-refractivity contribution in [1.82, 2.24) is 20.6 Å². The second-order valence-corrected chi connectivity index (χ2v) is 3.49. The Morgan fingerprint density at radius 2 is 2.36 bits per heavy atom. The van der Waals surface area contributed by atoms with Gasteiger partial charge in [-0.05, 0) is 18.2 Å². The van der Waals surface area contributed by atoms with Gasteiger partial charge in [-0.3, -0.25) is 0 Å². The zero-order chi connectivity index (χ0) is 9.80. The first-order valence-corrected chi connectivity index (χ1v) is 4.74. The summed E-state index contributed by atoms with van der Waals surface area (Å²) in [6.07, 6.45) is 0. The molecule has 0 bridgehead atoms. The molecule has 1 aromatic carbocycles. The number of halogens is 1. The van der Waals surface area contributed by atoms with E-state index in [9.17, 15) is 0 Å². The highest BCUT2D eigenvalue weighted by Gasteiger charge is 1.99. The van der Waals surface area contributed by atoms with Crippen molar-refractivity contribution >= 4 is 15.9 Å². The molecular formula is C8H7BrN4O. The maximum Gasteiger partial charge on any atom is 0.211 e. The Kier molecular flexibility index (Phi) is 2.73. The predicted molar refractivity (Wildman–Crippen MR) is 52.7 cm³/mol. The molecule has 0 saturated heterocycles. The van der Waals surface area contributed by atoms with Crippen molar-refractivity contribution in [3.8, 4) is 5.75 Å². The lowest BCUT2D eigenvalue weighted by Gasteiger charge is -2.02. The van der Waals surface area contributed by atoms with Crippen molar-refractivity contribution in [2.75, 3.05) is 0 Å². The first-order valence-electron chi connectivity index (χ1n) is 3.95. The summed E-state index contributed by atoms with van der Waals surface area (Å²) in [4.78, 5) is 0. The Hall–Kier alpha value is -1.43. The number of tetrazole rings is 1. The quantitative estimate of drug-likeness (QED) is 0.903. The molecule has 0 unspecified atom stereocenters. The molecule has 1 heterocycles. The molecule has 0 radical (unpaired) electrons. The number of nitrogens with zero attached hydrogens (tertiary/aromatic N) is 3. The van der Waals surface area contributed by atoms with Crippen LogP contribution in [0.25, 0.3) is 0 Å². The van der Waals surface area contributed by atoms with Gasteiger partial charge in [0.25, 0.3) is 0 Å². The highest BCUT2D eigenvalue weighted by molar-refractivity contribution is 9.10. The third kappa shape index (κ3) is 2.29. The van der Waals surface area contributed by atoms with Gasteiger partial charge in [0, 0.05) is 4.47 Å². The SMILES string of the molecule is Brc1cccc(OCc2nn[nH]n2)c1. The largest absolute Gasteiger partial charge is 0.485 e. The van der Waals surface area contributed by atoms with Gasteiger partial charge in [-0.2, -0.15) is 5.21 Å². The number of aromatic amines is 1. The molecule has 0 fully saturated rings. The zero-order valence-electron chi connectivity index (χ0n) is 7.14. The van der Waals surface area contributed by atoms with Gasteiger partial charge in [-0.1, -0.05) is 27.2 Å². The number of H-pyrrole nitrogens is 1. The van der Waals surface area contributed by atoms with E-state index in [1.165, 1.54) is 0 Å². The Balaban J connectivity index is 1.98. The summed E-state index contributed by atoms with van der Waals surface area (Å²) in [6.45, 7) is 0.312. The van der Waals surface area contributed by atoms with Crippen molar-refractivity contribution in [1.29, 1.82) is 0 Å². The van der Waals surface area contributed by atoms with Crippen LogP contribution in [0.4, 0.5) is 0 Å². The van der Waals surface area contributed by atoms with Crippen molar-refractivity contribution in [3.63, 3.8) is 0 Å². The molecule has 72 valence electrons. The molecule has 14 heavy (non-hydrogen) atoms. The lowest BCUT2D eigenvalue weighted by molar-refractivity contribution is 0.296. The number of hydrogen-bond donors (Lipinski definition) is 1. The highest BCUT2D eigenvalue weighted by atomic mass is 79.9. The summed E-state index contributed by atoms with van der Waals surface area (Å²) in [6, 6.07) is 7.57. The standard InChI is InChI=1S/C8H7BrN4O/c9-6-2-1-3-7(4-6)14-5-8-10-12-13-11-8/h1-4H,5H2,(H,10,11,12,13). The molecule has 0 amide bonds. The van der Waals surface area contributed by atoms with Gasteiger partial charge in [0.1, 0.15) is 5.75 Å². The van der Waals surface area contributed by atoms with E-state index in [-0.39, 0.29) is 0 Å². The molecule has 0 saturated carbocycles. The van der Waals surface area contributed by atoms with E-state index in [4.69, 9.17) is 4.74 Å². The van der Waals surface area contributed by atoms with Gasteiger partial charge in [-0.25, -0.2) is 0 Å². The maximum absolute atomic E-state index is 5.42. The van der Waals surface area contributed by atoms with Gasteiger partial charge >= 0.3 is 0 Å². The Labute approximate surface area is 88.6 Å². The van der Waals surface area contributed by atoms with E-state index in [1.54, 1.807) is 0 Å². The average molecular weight is 255 g/mol. The highest BCUT2D eigenvalue weighted by Crippen LogP contribution is 2.18. The van der Waals surface area contributed by atoms with Gasteiger partial charge in [-0.15, -0.1) is 10.2 Å². The predicted octanol–water partition coefficient (Wildman–Crippen LogP) is 1.54. The van der Waals surface area contributed by atoms with E-state index in [1.807, 2.05) is 24.3 Å². The van der Waals surface area contributed by atoms with Crippen LogP contribution in [0.3, 0.4) is 0 Å².